The molecule has 1 heterocycles. The van der Waals surface area contributed by atoms with Gasteiger partial charge in [-0.25, -0.2) is 18.3 Å². The number of tetrazole rings is 1. The fourth-order valence-electron chi connectivity index (χ4n) is 4.53. The number of carbonyl (C=O) groups excluding carboxylic acids is 2. The molecule has 0 unspecified atom stereocenters. The van der Waals surface area contributed by atoms with Gasteiger partial charge in [0.2, 0.25) is 5.16 Å². The van der Waals surface area contributed by atoms with E-state index in [4.69, 9.17) is 4.74 Å². The van der Waals surface area contributed by atoms with E-state index >= 15 is 0 Å². The molecule has 1 fully saturated rings. The van der Waals surface area contributed by atoms with Crippen molar-refractivity contribution in [3.63, 3.8) is 0 Å². The van der Waals surface area contributed by atoms with Crippen molar-refractivity contribution in [3.05, 3.63) is 63.2 Å². The highest BCUT2D eigenvalue weighted by molar-refractivity contribution is 7.99. The third kappa shape index (κ3) is 7.99. The number of nitro groups is 1. The SMILES string of the molecule is CC(C)(C)OC(=O)NCCCn1nnnc1Sc1ccc([N+](=O)[O-])cc1C(=O)Nc1c(F)cc(C2CCCC2)cc1F. The summed E-state index contributed by atoms with van der Waals surface area (Å²) in [6.07, 6.45) is 3.56. The molecule has 1 aliphatic rings. The minimum Gasteiger partial charge on any atom is -0.444 e. The molecule has 1 saturated carbocycles. The molecule has 0 spiro atoms. The number of rotatable bonds is 10. The molecule has 2 amide bonds. The van der Waals surface area contributed by atoms with Gasteiger partial charge in [-0.3, -0.25) is 14.9 Å². The maximum Gasteiger partial charge on any atom is 0.407 e. The molecule has 1 aliphatic carbocycles. The molecule has 0 aliphatic heterocycles. The normalized spacial score (nSPS) is 13.6. The van der Waals surface area contributed by atoms with Crippen LogP contribution in [-0.2, 0) is 11.3 Å². The molecular formula is C27H31F2N7O5S. The van der Waals surface area contributed by atoms with Gasteiger partial charge in [0, 0.05) is 30.1 Å². The molecule has 4 rings (SSSR count). The van der Waals surface area contributed by atoms with Crippen molar-refractivity contribution in [3.8, 4) is 0 Å². The number of nitro benzene ring substituents is 1. The van der Waals surface area contributed by atoms with Gasteiger partial charge in [0.1, 0.15) is 22.9 Å². The van der Waals surface area contributed by atoms with Crippen LogP contribution in [0.4, 0.5) is 25.0 Å². The van der Waals surface area contributed by atoms with Gasteiger partial charge in [0.05, 0.1) is 10.5 Å². The van der Waals surface area contributed by atoms with Crippen molar-refractivity contribution < 1.29 is 28.0 Å². The Balaban J connectivity index is 1.49. The van der Waals surface area contributed by atoms with Crippen LogP contribution in [0.15, 0.2) is 40.4 Å². The number of anilines is 1. The van der Waals surface area contributed by atoms with E-state index in [0.29, 0.717) is 18.5 Å². The number of non-ortho nitro benzene ring substituents is 1. The zero-order valence-electron chi connectivity index (χ0n) is 23.4. The first-order chi connectivity index (χ1) is 19.9. The second-order valence-electron chi connectivity index (χ2n) is 10.8. The van der Waals surface area contributed by atoms with Crippen LogP contribution < -0.4 is 10.6 Å². The van der Waals surface area contributed by atoms with Gasteiger partial charge >= 0.3 is 6.09 Å². The number of hydrogen-bond acceptors (Lipinski definition) is 9. The van der Waals surface area contributed by atoms with E-state index < -0.39 is 39.8 Å². The van der Waals surface area contributed by atoms with Crippen LogP contribution in [0.25, 0.3) is 0 Å². The minimum atomic E-state index is -0.937. The molecule has 0 radical (unpaired) electrons. The van der Waals surface area contributed by atoms with Crippen LogP contribution in [0.2, 0.25) is 0 Å². The van der Waals surface area contributed by atoms with Gasteiger partial charge in [0.25, 0.3) is 11.6 Å². The van der Waals surface area contributed by atoms with Crippen molar-refractivity contribution in [1.82, 2.24) is 25.5 Å². The van der Waals surface area contributed by atoms with E-state index in [9.17, 15) is 28.5 Å². The highest BCUT2D eigenvalue weighted by Gasteiger charge is 2.24. The number of aryl methyl sites for hydroxylation is 1. The third-order valence-electron chi connectivity index (χ3n) is 6.46. The molecule has 0 saturated heterocycles. The number of carbonyl (C=O) groups is 2. The fraction of sp³-hybridized carbons (Fsp3) is 0.444. The Bertz CT molecular complexity index is 1450. The molecular weight excluding hydrogens is 572 g/mol. The Morgan fingerprint density at radius 2 is 1.86 bits per heavy atom. The summed E-state index contributed by atoms with van der Waals surface area (Å²) >= 11 is 0.951. The topological polar surface area (TPSA) is 154 Å². The largest absolute Gasteiger partial charge is 0.444 e. The van der Waals surface area contributed by atoms with E-state index in [1.54, 1.807) is 20.8 Å². The van der Waals surface area contributed by atoms with Crippen molar-refractivity contribution >= 4 is 35.1 Å². The van der Waals surface area contributed by atoms with Crippen LogP contribution in [0, 0.1) is 21.7 Å². The number of amides is 2. The fourth-order valence-corrected chi connectivity index (χ4v) is 5.43. The number of aromatic nitrogens is 4. The van der Waals surface area contributed by atoms with E-state index in [-0.39, 0.29) is 33.8 Å². The maximum absolute atomic E-state index is 15.0. The summed E-state index contributed by atoms with van der Waals surface area (Å²) in [4.78, 5) is 36.1. The Hall–Kier alpha value is -4.14. The molecule has 12 nitrogen and oxygen atoms in total. The van der Waals surface area contributed by atoms with Crippen LogP contribution in [-0.4, -0.2) is 49.3 Å². The van der Waals surface area contributed by atoms with Crippen molar-refractivity contribution in [2.75, 3.05) is 11.9 Å². The lowest BCUT2D eigenvalue weighted by Gasteiger charge is -2.19. The average Bonchev–Trinajstić information content (AvgIpc) is 3.60. The molecule has 2 aromatic carbocycles. The van der Waals surface area contributed by atoms with Gasteiger partial charge in [-0.15, -0.1) is 5.10 Å². The number of ether oxygens (including phenoxy) is 1. The van der Waals surface area contributed by atoms with E-state index in [0.717, 1.165) is 43.5 Å². The van der Waals surface area contributed by atoms with E-state index in [1.165, 1.54) is 28.9 Å². The summed E-state index contributed by atoms with van der Waals surface area (Å²) < 4.78 is 36.5. The van der Waals surface area contributed by atoms with Crippen LogP contribution in [0.1, 0.15) is 74.7 Å². The Morgan fingerprint density at radius 1 is 1.17 bits per heavy atom. The molecule has 3 aromatic rings. The molecule has 1 aromatic heterocycles. The highest BCUT2D eigenvalue weighted by Crippen LogP contribution is 2.37. The Labute approximate surface area is 244 Å². The van der Waals surface area contributed by atoms with Gasteiger partial charge in [-0.1, -0.05) is 12.8 Å². The van der Waals surface area contributed by atoms with E-state index in [2.05, 4.69) is 26.2 Å². The third-order valence-corrected chi connectivity index (χ3v) is 7.51. The zero-order valence-corrected chi connectivity index (χ0v) is 24.2. The van der Waals surface area contributed by atoms with Gasteiger partial charge < -0.3 is 15.4 Å². The second kappa shape index (κ2) is 13.2. The standard InChI is InChI=1S/C27H31F2N7O5S/c1-27(2,3)41-26(38)30-11-6-12-35-25(32-33-34-35)42-22-10-9-18(36(39)40)15-19(22)24(37)31-23-20(28)13-17(14-21(23)29)16-7-4-5-8-16/h9-10,13-16H,4-8,11-12H2,1-3H3,(H,30,38)(H,31,37). The highest BCUT2D eigenvalue weighted by atomic mass is 32.2. The summed E-state index contributed by atoms with van der Waals surface area (Å²) in [5.74, 6) is -2.71. The van der Waals surface area contributed by atoms with Crippen molar-refractivity contribution in [1.29, 1.82) is 0 Å². The van der Waals surface area contributed by atoms with E-state index in [1.807, 2.05) is 0 Å². The molecule has 2 N–H and O–H groups in total. The summed E-state index contributed by atoms with van der Waals surface area (Å²) in [6, 6.07) is 6.03. The first-order valence-corrected chi connectivity index (χ1v) is 14.2. The molecule has 224 valence electrons. The molecule has 0 atom stereocenters. The average molecular weight is 604 g/mol. The lowest BCUT2D eigenvalue weighted by atomic mass is 9.97. The number of halogens is 2. The van der Waals surface area contributed by atoms with Crippen LogP contribution in [0.3, 0.4) is 0 Å². The summed E-state index contributed by atoms with van der Waals surface area (Å²) in [7, 11) is 0. The van der Waals surface area contributed by atoms with Crippen molar-refractivity contribution in [2.24, 2.45) is 0 Å². The predicted molar refractivity (Wildman–Crippen MR) is 149 cm³/mol. The molecule has 42 heavy (non-hydrogen) atoms. The number of nitrogens with zero attached hydrogens (tertiary/aromatic N) is 5. The van der Waals surface area contributed by atoms with Crippen LogP contribution in [0.5, 0.6) is 0 Å². The maximum atomic E-state index is 15.0. The lowest BCUT2D eigenvalue weighted by molar-refractivity contribution is -0.384. The number of hydrogen-bond donors (Lipinski definition) is 2. The molecule has 0 bridgehead atoms. The zero-order chi connectivity index (χ0) is 30.4. The summed E-state index contributed by atoms with van der Waals surface area (Å²) in [6.45, 7) is 5.83. The van der Waals surface area contributed by atoms with Gasteiger partial charge in [-0.05, 0) is 91.9 Å². The summed E-state index contributed by atoms with van der Waals surface area (Å²) in [5.41, 5.74) is -1.29. The monoisotopic (exact) mass is 603 g/mol. The predicted octanol–water partition coefficient (Wildman–Crippen LogP) is 5.84. The second-order valence-corrected chi connectivity index (χ2v) is 11.8. The van der Waals surface area contributed by atoms with Crippen molar-refractivity contribution in [2.45, 2.75) is 81.0 Å². The van der Waals surface area contributed by atoms with Gasteiger partial charge in [-0.2, -0.15) is 0 Å². The first kappa shape index (κ1) is 30.8. The minimum absolute atomic E-state index is 0.0672. The lowest BCUT2D eigenvalue weighted by Crippen LogP contribution is -2.33. The molecule has 15 heteroatoms. The number of nitrogens with one attached hydrogen (secondary N) is 2. The number of alkyl carbamates (subject to hydrolysis) is 1. The van der Waals surface area contributed by atoms with Crippen LogP contribution >= 0.6 is 11.8 Å². The first-order valence-electron chi connectivity index (χ1n) is 13.4. The smallest absolute Gasteiger partial charge is 0.407 e. The summed E-state index contributed by atoms with van der Waals surface area (Å²) in [5, 5.41) is 28.1. The van der Waals surface area contributed by atoms with Gasteiger partial charge in [0.15, 0.2) is 0 Å². The quantitative estimate of drug-likeness (QED) is 0.165. The Kier molecular flexibility index (Phi) is 9.70. The Morgan fingerprint density at radius 3 is 2.50 bits per heavy atom. The number of benzene rings is 2.